The van der Waals surface area contributed by atoms with E-state index in [2.05, 4.69) is 189 Å². The van der Waals surface area contributed by atoms with Crippen LogP contribution < -0.4 is 0 Å². The van der Waals surface area contributed by atoms with Gasteiger partial charge in [-0.1, -0.05) is 158 Å². The van der Waals surface area contributed by atoms with Gasteiger partial charge in [0.2, 0.25) is 0 Å². The Balaban J connectivity index is 1.36. The molecule has 8 aromatic rings. The zero-order valence-corrected chi connectivity index (χ0v) is 28.1. The Labute approximate surface area is 292 Å². The van der Waals surface area contributed by atoms with E-state index in [9.17, 15) is 0 Å². The maximum Gasteiger partial charge on any atom is 0.0761 e. The number of allylic oxidation sites excluding steroid dienone is 5. The van der Waals surface area contributed by atoms with Crippen LogP contribution in [0.25, 0.3) is 71.7 Å². The second-order valence-electron chi connectivity index (χ2n) is 13.5. The molecule has 1 atom stereocenters. The minimum atomic E-state index is -0.604. The number of hydrogen-bond donors (Lipinski definition) is 0. The number of fused-ring (bicyclic) bond motifs is 10. The highest BCUT2D eigenvalue weighted by Gasteiger charge is 2.51. The monoisotopic (exact) mass is 635 g/mol. The second kappa shape index (κ2) is 10.6. The molecule has 1 aliphatic heterocycles. The molecule has 0 saturated heterocycles. The van der Waals surface area contributed by atoms with E-state index in [-0.39, 0.29) is 0 Å². The largest absolute Gasteiger partial charge is 0.309 e. The molecule has 1 nitrogen and oxygen atoms in total. The van der Waals surface area contributed by atoms with Gasteiger partial charge in [-0.3, -0.25) is 0 Å². The van der Waals surface area contributed by atoms with E-state index < -0.39 is 5.41 Å². The lowest BCUT2D eigenvalue weighted by atomic mass is 9.64. The van der Waals surface area contributed by atoms with Crippen molar-refractivity contribution in [3.8, 4) is 33.4 Å². The molecular formula is C49H33N. The molecule has 10 rings (SSSR count). The minimum Gasteiger partial charge on any atom is -0.309 e. The zero-order valence-electron chi connectivity index (χ0n) is 28.1. The summed E-state index contributed by atoms with van der Waals surface area (Å²) in [6.45, 7) is 8.81. The third-order valence-corrected chi connectivity index (χ3v) is 11.0. The van der Waals surface area contributed by atoms with Gasteiger partial charge in [0, 0.05) is 21.9 Å². The van der Waals surface area contributed by atoms with E-state index in [4.69, 9.17) is 0 Å². The van der Waals surface area contributed by atoms with Crippen LogP contribution in [0.5, 0.6) is 0 Å². The average molecular weight is 636 g/mol. The van der Waals surface area contributed by atoms with Crippen molar-refractivity contribution < 1.29 is 0 Å². The first-order chi connectivity index (χ1) is 24.6. The van der Waals surface area contributed by atoms with Gasteiger partial charge in [0.05, 0.1) is 22.1 Å². The van der Waals surface area contributed by atoms with Crippen molar-refractivity contribution in [2.75, 3.05) is 0 Å². The first-order valence-electron chi connectivity index (χ1n) is 17.4. The van der Waals surface area contributed by atoms with Crippen LogP contribution in [0, 0.1) is 19.1 Å². The summed E-state index contributed by atoms with van der Waals surface area (Å²) in [5.74, 6) is 0. The van der Waals surface area contributed by atoms with E-state index >= 15 is 0 Å². The van der Waals surface area contributed by atoms with Crippen molar-refractivity contribution >= 4 is 38.3 Å². The lowest BCUT2D eigenvalue weighted by molar-refractivity contribution is 0.757. The molecule has 0 bridgehead atoms. The topological polar surface area (TPSA) is 4.93 Å². The predicted molar refractivity (Wildman–Crippen MR) is 210 cm³/mol. The highest BCUT2D eigenvalue weighted by molar-refractivity contribution is 6.14. The summed E-state index contributed by atoms with van der Waals surface area (Å²) in [4.78, 5) is 0. The molecule has 0 saturated carbocycles. The smallest absolute Gasteiger partial charge is 0.0761 e. The Morgan fingerprint density at radius 1 is 0.660 bits per heavy atom. The van der Waals surface area contributed by atoms with E-state index in [1.165, 1.54) is 77.1 Å². The lowest BCUT2D eigenvalue weighted by Crippen LogP contribution is -2.33. The molecule has 234 valence electrons. The van der Waals surface area contributed by atoms with Crippen molar-refractivity contribution in [3.05, 3.63) is 198 Å². The number of benzene rings is 6. The van der Waals surface area contributed by atoms with Crippen molar-refractivity contribution in [1.29, 1.82) is 0 Å². The van der Waals surface area contributed by atoms with Crippen LogP contribution >= 0.6 is 0 Å². The maximum atomic E-state index is 4.54. The summed E-state index contributed by atoms with van der Waals surface area (Å²) in [6, 6.07) is 56.4. The molecule has 1 spiro atoms. The van der Waals surface area contributed by atoms with Crippen LogP contribution in [-0.4, -0.2) is 4.57 Å². The summed E-state index contributed by atoms with van der Waals surface area (Å²) < 4.78 is 2.46. The van der Waals surface area contributed by atoms with Crippen molar-refractivity contribution in [2.24, 2.45) is 0 Å². The standard InChI is InChI=1S/C49H33N/c1-4-14-46-41(5-2)49(43-23-13-21-40-39-20-9-11-24-45(39)50(46)48(40)43)42-22-10-8-19-37(42)38-28-26-33(30-44(38)49)36-27-25-32-16-6-7-18-35(32)47(36)34-17-12-15-31(3)29-34/h4-25,27,29-30H,2H2,1,3H3/b14-4-. The van der Waals surface area contributed by atoms with E-state index in [0.717, 1.165) is 22.4 Å². The number of aromatic nitrogens is 1. The molecule has 0 radical (unpaired) electrons. The average Bonchev–Trinajstić information content (AvgIpc) is 3.65. The number of nitrogens with zero attached hydrogens (tertiary/aromatic N) is 1. The van der Waals surface area contributed by atoms with Gasteiger partial charge in [-0.2, -0.15) is 0 Å². The van der Waals surface area contributed by atoms with Crippen LogP contribution in [0.1, 0.15) is 29.2 Å². The second-order valence-corrected chi connectivity index (χ2v) is 13.5. The van der Waals surface area contributed by atoms with Crippen LogP contribution in [0.3, 0.4) is 0 Å². The lowest BCUT2D eigenvalue weighted by Gasteiger charge is -2.40. The molecule has 1 aromatic heterocycles. The predicted octanol–water partition coefficient (Wildman–Crippen LogP) is 12.5. The van der Waals surface area contributed by atoms with Crippen LogP contribution in [0.4, 0.5) is 0 Å². The number of aryl methyl sites for hydroxylation is 1. The SMILES string of the molecule is C=CC1=C(/C=C\C)n2c3ccccc3c3cccc(c32)C12c1cc(-c3ccc4ccccc4c3-c3cccc(C)c3)c#cc1-c1ccccc12. The highest BCUT2D eigenvalue weighted by atomic mass is 15.0. The van der Waals surface area contributed by atoms with Gasteiger partial charge < -0.3 is 4.57 Å². The van der Waals surface area contributed by atoms with Gasteiger partial charge >= 0.3 is 0 Å². The van der Waals surface area contributed by atoms with Crippen molar-refractivity contribution in [2.45, 2.75) is 19.3 Å². The van der Waals surface area contributed by atoms with Crippen LogP contribution in [0.2, 0.25) is 0 Å². The molecule has 0 fully saturated rings. The van der Waals surface area contributed by atoms with E-state index in [0.29, 0.717) is 0 Å². The van der Waals surface area contributed by atoms with Gasteiger partial charge in [0.25, 0.3) is 0 Å². The molecule has 2 heterocycles. The molecule has 1 unspecified atom stereocenters. The van der Waals surface area contributed by atoms with E-state index in [1.807, 2.05) is 0 Å². The fraction of sp³-hybridized carbons (Fsp3) is 0.0612. The summed E-state index contributed by atoms with van der Waals surface area (Å²) in [7, 11) is 0. The fourth-order valence-electron chi connectivity index (χ4n) is 9.07. The summed E-state index contributed by atoms with van der Waals surface area (Å²) >= 11 is 0. The third kappa shape index (κ3) is 3.63. The molecule has 0 N–H and O–H groups in total. The zero-order chi connectivity index (χ0) is 33.6. The Morgan fingerprint density at radius 3 is 2.28 bits per heavy atom. The Morgan fingerprint density at radius 2 is 1.42 bits per heavy atom. The molecular weight excluding hydrogens is 603 g/mol. The molecule has 7 aromatic carbocycles. The minimum absolute atomic E-state index is 0.604. The number of hydrogen-bond acceptors (Lipinski definition) is 0. The molecule has 0 amide bonds. The summed E-state index contributed by atoms with van der Waals surface area (Å²) in [5, 5.41) is 4.97. The summed E-state index contributed by atoms with van der Waals surface area (Å²) in [5.41, 5.74) is 16.1. The Bertz CT molecular complexity index is 2800. The number of para-hydroxylation sites is 2. The Kier molecular flexibility index (Phi) is 6.05. The Hall–Kier alpha value is -6.36. The maximum absolute atomic E-state index is 4.54. The van der Waals surface area contributed by atoms with Crippen molar-refractivity contribution in [1.82, 2.24) is 4.57 Å². The third-order valence-electron chi connectivity index (χ3n) is 11.0. The van der Waals surface area contributed by atoms with Gasteiger partial charge in [-0.25, -0.2) is 0 Å². The van der Waals surface area contributed by atoms with Gasteiger partial charge in [0.1, 0.15) is 0 Å². The molecule has 2 aliphatic rings. The van der Waals surface area contributed by atoms with Crippen LogP contribution in [-0.2, 0) is 5.41 Å². The normalized spacial score (nSPS) is 16.0. The first-order valence-corrected chi connectivity index (χ1v) is 17.4. The van der Waals surface area contributed by atoms with Gasteiger partial charge in [-0.05, 0) is 87.3 Å². The number of rotatable bonds is 4. The molecule has 1 aliphatic carbocycles. The van der Waals surface area contributed by atoms with E-state index in [1.54, 1.807) is 0 Å². The summed E-state index contributed by atoms with van der Waals surface area (Å²) in [6.07, 6.45) is 6.52. The first kappa shape index (κ1) is 28.6. The highest BCUT2D eigenvalue weighted by Crippen LogP contribution is 2.61. The van der Waals surface area contributed by atoms with Crippen LogP contribution in [0.15, 0.2) is 164 Å². The molecule has 1 heteroatoms. The van der Waals surface area contributed by atoms with Gasteiger partial charge in [0.15, 0.2) is 0 Å². The quantitative estimate of drug-likeness (QED) is 0.181. The fourth-order valence-corrected chi connectivity index (χ4v) is 9.07. The molecule has 50 heavy (non-hydrogen) atoms. The van der Waals surface area contributed by atoms with Gasteiger partial charge in [-0.15, -0.1) is 0 Å². The van der Waals surface area contributed by atoms with Crippen molar-refractivity contribution in [3.63, 3.8) is 0 Å².